The van der Waals surface area contributed by atoms with Crippen molar-refractivity contribution in [3.05, 3.63) is 11.8 Å². The van der Waals surface area contributed by atoms with Gasteiger partial charge in [-0.1, -0.05) is 19.3 Å². The number of piperazine rings is 1. The van der Waals surface area contributed by atoms with E-state index < -0.39 is 0 Å². The Labute approximate surface area is 116 Å². The summed E-state index contributed by atoms with van der Waals surface area (Å²) >= 11 is 0. The smallest absolute Gasteiger partial charge is 0.157 e. The van der Waals surface area contributed by atoms with E-state index in [2.05, 4.69) is 10.2 Å². The fraction of sp³-hybridized carbons (Fsp3) is 0.812. The van der Waals surface area contributed by atoms with Gasteiger partial charge in [0.2, 0.25) is 0 Å². The van der Waals surface area contributed by atoms with E-state index in [4.69, 9.17) is 0 Å². The van der Waals surface area contributed by atoms with E-state index >= 15 is 0 Å². The first-order valence-corrected chi connectivity index (χ1v) is 8.04. The van der Waals surface area contributed by atoms with Gasteiger partial charge in [0.1, 0.15) is 0 Å². The summed E-state index contributed by atoms with van der Waals surface area (Å²) in [5.41, 5.74) is 1.38. The van der Waals surface area contributed by atoms with Crippen LogP contribution in [0.1, 0.15) is 44.9 Å². The molecule has 1 unspecified atom stereocenters. The predicted molar refractivity (Wildman–Crippen MR) is 76.8 cm³/mol. The molecule has 106 valence electrons. The number of carbonyl (C=O) groups is 1. The fourth-order valence-electron chi connectivity index (χ4n) is 4.05. The van der Waals surface area contributed by atoms with Crippen LogP contribution in [0.25, 0.3) is 0 Å². The Hall–Kier alpha value is -0.830. The number of nitrogens with zero attached hydrogens (tertiary/aromatic N) is 1. The normalized spacial score (nSPS) is 30.3. The highest BCUT2D eigenvalue weighted by Crippen LogP contribution is 2.39. The molecule has 3 nitrogen and oxygen atoms in total. The van der Waals surface area contributed by atoms with Crippen molar-refractivity contribution < 1.29 is 4.79 Å². The zero-order chi connectivity index (χ0) is 13.1. The van der Waals surface area contributed by atoms with Gasteiger partial charge in [-0.15, -0.1) is 0 Å². The number of hydrogen-bond acceptors (Lipinski definition) is 3. The molecule has 0 aromatic heterocycles. The molecular weight excluding hydrogens is 236 g/mol. The number of allylic oxidation sites excluding steroid dienone is 2. The van der Waals surface area contributed by atoms with E-state index in [1.54, 1.807) is 0 Å². The molecule has 3 heteroatoms. The van der Waals surface area contributed by atoms with E-state index in [-0.39, 0.29) is 0 Å². The molecule has 2 aliphatic carbocycles. The van der Waals surface area contributed by atoms with Gasteiger partial charge in [-0.25, -0.2) is 0 Å². The molecule has 1 saturated carbocycles. The highest BCUT2D eigenvalue weighted by atomic mass is 16.1. The van der Waals surface area contributed by atoms with Crippen LogP contribution in [-0.2, 0) is 4.79 Å². The molecule has 0 aromatic carbocycles. The molecule has 0 bridgehead atoms. The SMILES string of the molecule is O=C1C=C(N2CCNCC2)C(C2CCCCC2)CC1. The molecule has 1 aliphatic heterocycles. The lowest BCUT2D eigenvalue weighted by Crippen LogP contribution is -2.46. The molecule has 0 radical (unpaired) electrons. The van der Waals surface area contributed by atoms with Crippen molar-refractivity contribution in [2.24, 2.45) is 11.8 Å². The van der Waals surface area contributed by atoms with E-state index in [0.717, 1.165) is 44.9 Å². The van der Waals surface area contributed by atoms with Gasteiger partial charge in [-0.05, 0) is 25.2 Å². The molecule has 19 heavy (non-hydrogen) atoms. The van der Waals surface area contributed by atoms with Crippen molar-refractivity contribution in [1.82, 2.24) is 10.2 Å². The van der Waals surface area contributed by atoms with Crippen LogP contribution >= 0.6 is 0 Å². The van der Waals surface area contributed by atoms with Gasteiger partial charge in [0, 0.05) is 50.3 Å². The highest BCUT2D eigenvalue weighted by Gasteiger charge is 2.32. The topological polar surface area (TPSA) is 32.3 Å². The Morgan fingerprint density at radius 2 is 1.79 bits per heavy atom. The van der Waals surface area contributed by atoms with E-state index in [9.17, 15) is 4.79 Å². The molecule has 3 aliphatic rings. The number of carbonyl (C=O) groups excluding carboxylic acids is 1. The molecule has 2 fully saturated rings. The minimum atomic E-state index is 0.348. The maximum Gasteiger partial charge on any atom is 0.157 e. The summed E-state index contributed by atoms with van der Waals surface area (Å²) in [7, 11) is 0. The molecular formula is C16H26N2O. The summed E-state index contributed by atoms with van der Waals surface area (Å²) in [6.07, 6.45) is 10.8. The van der Waals surface area contributed by atoms with Crippen LogP contribution in [0, 0.1) is 11.8 Å². The van der Waals surface area contributed by atoms with Crippen LogP contribution in [0.15, 0.2) is 11.8 Å². The minimum Gasteiger partial charge on any atom is -0.372 e. The number of ketones is 1. The van der Waals surface area contributed by atoms with E-state index in [1.807, 2.05) is 6.08 Å². The third-order valence-corrected chi connectivity index (χ3v) is 5.09. The van der Waals surface area contributed by atoms with Crippen molar-refractivity contribution in [2.75, 3.05) is 26.2 Å². The summed E-state index contributed by atoms with van der Waals surface area (Å²) in [6.45, 7) is 4.26. The van der Waals surface area contributed by atoms with Crippen LogP contribution in [0.4, 0.5) is 0 Å². The molecule has 0 spiro atoms. The second-order valence-corrected chi connectivity index (χ2v) is 6.32. The van der Waals surface area contributed by atoms with Gasteiger partial charge in [0.25, 0.3) is 0 Å². The third-order valence-electron chi connectivity index (χ3n) is 5.09. The Balaban J connectivity index is 1.76. The molecule has 0 amide bonds. The number of nitrogens with one attached hydrogen (secondary N) is 1. The Morgan fingerprint density at radius 3 is 2.53 bits per heavy atom. The van der Waals surface area contributed by atoms with Crippen LogP contribution in [0.5, 0.6) is 0 Å². The predicted octanol–water partition coefficient (Wildman–Crippen LogP) is 2.33. The van der Waals surface area contributed by atoms with Crippen molar-refractivity contribution in [3.8, 4) is 0 Å². The average molecular weight is 262 g/mol. The van der Waals surface area contributed by atoms with Crippen molar-refractivity contribution in [2.45, 2.75) is 44.9 Å². The van der Waals surface area contributed by atoms with Crippen LogP contribution < -0.4 is 5.32 Å². The van der Waals surface area contributed by atoms with Gasteiger partial charge in [0.05, 0.1) is 0 Å². The summed E-state index contributed by atoms with van der Waals surface area (Å²) in [4.78, 5) is 14.3. The average Bonchev–Trinajstić information content (AvgIpc) is 2.49. The first kappa shape index (κ1) is 13.2. The maximum absolute atomic E-state index is 11.8. The van der Waals surface area contributed by atoms with Gasteiger partial charge in [-0.3, -0.25) is 4.79 Å². The minimum absolute atomic E-state index is 0.348. The highest BCUT2D eigenvalue weighted by molar-refractivity contribution is 5.91. The fourth-order valence-corrected chi connectivity index (χ4v) is 4.05. The standard InChI is InChI=1S/C16H26N2O/c19-14-6-7-15(13-4-2-1-3-5-13)16(12-14)18-10-8-17-9-11-18/h12-13,15,17H,1-11H2. The van der Waals surface area contributed by atoms with Crippen molar-refractivity contribution in [3.63, 3.8) is 0 Å². The molecule has 3 rings (SSSR count). The Bertz CT molecular complexity index is 352. The molecule has 0 aromatic rings. The van der Waals surface area contributed by atoms with Gasteiger partial charge < -0.3 is 10.2 Å². The summed E-state index contributed by atoms with van der Waals surface area (Å²) < 4.78 is 0. The molecule has 1 N–H and O–H groups in total. The zero-order valence-corrected chi connectivity index (χ0v) is 11.9. The third kappa shape index (κ3) is 3.02. The van der Waals surface area contributed by atoms with Gasteiger partial charge in [0.15, 0.2) is 5.78 Å². The summed E-state index contributed by atoms with van der Waals surface area (Å²) in [5.74, 6) is 1.85. The van der Waals surface area contributed by atoms with Gasteiger partial charge in [-0.2, -0.15) is 0 Å². The lowest BCUT2D eigenvalue weighted by atomic mass is 9.74. The number of rotatable bonds is 2. The van der Waals surface area contributed by atoms with Crippen LogP contribution in [-0.4, -0.2) is 36.9 Å². The van der Waals surface area contributed by atoms with Crippen LogP contribution in [0.3, 0.4) is 0 Å². The molecule has 1 heterocycles. The first-order chi connectivity index (χ1) is 9.34. The Kier molecular flexibility index (Phi) is 4.21. The lowest BCUT2D eigenvalue weighted by molar-refractivity contribution is -0.115. The van der Waals surface area contributed by atoms with E-state index in [0.29, 0.717) is 11.7 Å². The first-order valence-electron chi connectivity index (χ1n) is 8.04. The monoisotopic (exact) mass is 262 g/mol. The number of hydrogen-bond donors (Lipinski definition) is 1. The van der Waals surface area contributed by atoms with Crippen molar-refractivity contribution in [1.29, 1.82) is 0 Å². The van der Waals surface area contributed by atoms with E-state index in [1.165, 1.54) is 37.8 Å². The van der Waals surface area contributed by atoms with Crippen LogP contribution in [0.2, 0.25) is 0 Å². The molecule has 1 atom stereocenters. The second kappa shape index (κ2) is 6.08. The van der Waals surface area contributed by atoms with Crippen molar-refractivity contribution >= 4 is 5.78 Å². The lowest BCUT2D eigenvalue weighted by Gasteiger charge is -2.41. The largest absolute Gasteiger partial charge is 0.372 e. The summed E-state index contributed by atoms with van der Waals surface area (Å²) in [6, 6.07) is 0. The maximum atomic E-state index is 11.8. The zero-order valence-electron chi connectivity index (χ0n) is 11.9. The Morgan fingerprint density at radius 1 is 1.05 bits per heavy atom. The molecule has 1 saturated heterocycles. The quantitative estimate of drug-likeness (QED) is 0.829. The second-order valence-electron chi connectivity index (χ2n) is 6.32. The summed E-state index contributed by atoms with van der Waals surface area (Å²) in [5, 5.41) is 3.41. The van der Waals surface area contributed by atoms with Gasteiger partial charge >= 0.3 is 0 Å².